The zero-order chi connectivity index (χ0) is 15.9. The molecule has 0 spiro atoms. The van der Waals surface area contributed by atoms with E-state index in [4.69, 9.17) is 10.8 Å². The van der Waals surface area contributed by atoms with Crippen molar-refractivity contribution in [2.24, 2.45) is 0 Å². The van der Waals surface area contributed by atoms with E-state index < -0.39 is 10.0 Å². The second-order valence-corrected chi connectivity index (χ2v) is 8.23. The number of nitrogen functional groups attached to an aromatic ring is 1. The number of rotatable bonds is 9. The lowest BCUT2D eigenvalue weighted by molar-refractivity contribution is 0.258. The van der Waals surface area contributed by atoms with Crippen LogP contribution in [0.3, 0.4) is 0 Å². The van der Waals surface area contributed by atoms with Gasteiger partial charge in [-0.15, -0.1) is 11.8 Å². The minimum absolute atomic E-state index is 0.00319. The number of aliphatic hydroxyl groups is 1. The molecule has 0 heterocycles. The van der Waals surface area contributed by atoms with Crippen molar-refractivity contribution in [1.29, 1.82) is 0 Å². The quantitative estimate of drug-likeness (QED) is 0.532. The van der Waals surface area contributed by atoms with Crippen molar-refractivity contribution in [3.63, 3.8) is 0 Å². The van der Waals surface area contributed by atoms with Crippen LogP contribution in [0.25, 0.3) is 0 Å². The molecule has 0 radical (unpaired) electrons. The Labute approximate surface area is 131 Å². The number of benzene rings is 1. The van der Waals surface area contributed by atoms with E-state index in [9.17, 15) is 8.42 Å². The molecule has 0 saturated heterocycles. The molecule has 0 aromatic heterocycles. The van der Waals surface area contributed by atoms with Crippen LogP contribution in [-0.2, 0) is 10.0 Å². The Morgan fingerprint density at radius 3 is 2.67 bits per heavy atom. The van der Waals surface area contributed by atoms with Gasteiger partial charge in [-0.1, -0.05) is 6.07 Å². The van der Waals surface area contributed by atoms with E-state index in [0.717, 1.165) is 4.90 Å². The third kappa shape index (κ3) is 6.25. The van der Waals surface area contributed by atoms with Gasteiger partial charge in [0.2, 0.25) is 10.0 Å². The molecular formula is C14H24N2O3S2. The number of anilines is 1. The van der Waals surface area contributed by atoms with Gasteiger partial charge in [0.05, 0.1) is 5.75 Å². The number of sulfonamides is 1. The molecule has 7 heteroatoms. The zero-order valence-corrected chi connectivity index (χ0v) is 14.2. The first kappa shape index (κ1) is 18.3. The summed E-state index contributed by atoms with van der Waals surface area (Å²) in [6.45, 7) is 4.05. The maximum atomic E-state index is 12.3. The molecule has 120 valence electrons. The molecule has 5 nitrogen and oxygen atoms in total. The lowest BCUT2D eigenvalue weighted by Crippen LogP contribution is -2.39. The highest BCUT2D eigenvalue weighted by atomic mass is 32.2. The second-order valence-electron chi connectivity index (χ2n) is 5.02. The fourth-order valence-corrected chi connectivity index (χ4v) is 5.02. The lowest BCUT2D eigenvalue weighted by atomic mass is 10.3. The first-order valence-corrected chi connectivity index (χ1v) is 9.55. The van der Waals surface area contributed by atoms with Crippen LogP contribution in [-0.4, -0.2) is 48.5 Å². The summed E-state index contributed by atoms with van der Waals surface area (Å²) in [4.78, 5) is 0.969. The van der Waals surface area contributed by atoms with E-state index >= 15 is 0 Å². The zero-order valence-electron chi connectivity index (χ0n) is 12.5. The van der Waals surface area contributed by atoms with Gasteiger partial charge < -0.3 is 10.8 Å². The Morgan fingerprint density at radius 2 is 2.10 bits per heavy atom. The van der Waals surface area contributed by atoms with Gasteiger partial charge in [-0.25, -0.2) is 8.42 Å². The normalized spacial score (nSPS) is 12.2. The van der Waals surface area contributed by atoms with Crippen molar-refractivity contribution in [3.05, 3.63) is 24.3 Å². The average Bonchev–Trinajstić information content (AvgIpc) is 2.38. The molecule has 0 aliphatic heterocycles. The van der Waals surface area contributed by atoms with Crippen molar-refractivity contribution < 1.29 is 13.5 Å². The van der Waals surface area contributed by atoms with Crippen molar-refractivity contribution in [2.75, 3.05) is 30.4 Å². The molecule has 0 atom stereocenters. The molecule has 1 aromatic rings. The highest BCUT2D eigenvalue weighted by Crippen LogP contribution is 2.21. The predicted octanol–water partition coefficient (Wildman–Crippen LogP) is 1.78. The van der Waals surface area contributed by atoms with Crippen LogP contribution >= 0.6 is 11.8 Å². The molecule has 0 bridgehead atoms. The number of nitrogens with two attached hydrogens (primary N) is 1. The minimum Gasteiger partial charge on any atom is -0.399 e. The molecule has 0 aliphatic carbocycles. The van der Waals surface area contributed by atoms with E-state index in [0.29, 0.717) is 24.4 Å². The largest absolute Gasteiger partial charge is 0.399 e. The minimum atomic E-state index is -3.30. The Bertz CT molecular complexity index is 533. The summed E-state index contributed by atoms with van der Waals surface area (Å²) in [6, 6.07) is 7.31. The van der Waals surface area contributed by atoms with Crippen molar-refractivity contribution in [3.8, 4) is 0 Å². The Morgan fingerprint density at radius 1 is 1.38 bits per heavy atom. The Kier molecular flexibility index (Phi) is 7.51. The number of hydrogen-bond acceptors (Lipinski definition) is 5. The van der Waals surface area contributed by atoms with Gasteiger partial charge in [0.15, 0.2) is 0 Å². The SMILES string of the molecule is CC(C)N(CCCO)S(=O)(=O)CCSc1cccc(N)c1. The Balaban J connectivity index is 2.58. The number of nitrogens with zero attached hydrogens (tertiary/aromatic N) is 1. The fourth-order valence-electron chi connectivity index (χ4n) is 1.93. The number of thioether (sulfide) groups is 1. The third-order valence-corrected chi connectivity index (χ3v) is 6.23. The van der Waals surface area contributed by atoms with E-state index in [1.807, 2.05) is 32.0 Å². The first-order valence-electron chi connectivity index (χ1n) is 6.95. The van der Waals surface area contributed by atoms with Gasteiger partial charge in [-0.3, -0.25) is 0 Å². The monoisotopic (exact) mass is 332 g/mol. The summed E-state index contributed by atoms with van der Waals surface area (Å²) in [5.41, 5.74) is 6.37. The van der Waals surface area contributed by atoms with Crippen LogP contribution in [0.4, 0.5) is 5.69 Å². The van der Waals surface area contributed by atoms with Gasteiger partial charge in [0.25, 0.3) is 0 Å². The molecule has 0 aliphatic rings. The molecule has 3 N–H and O–H groups in total. The van der Waals surface area contributed by atoms with E-state index in [1.165, 1.54) is 16.1 Å². The van der Waals surface area contributed by atoms with Crippen molar-refractivity contribution >= 4 is 27.5 Å². The van der Waals surface area contributed by atoms with Gasteiger partial charge in [0.1, 0.15) is 0 Å². The van der Waals surface area contributed by atoms with Crippen LogP contribution in [0, 0.1) is 0 Å². The van der Waals surface area contributed by atoms with Crippen LogP contribution in [0.2, 0.25) is 0 Å². The van der Waals surface area contributed by atoms with Gasteiger partial charge in [0, 0.05) is 35.5 Å². The molecular weight excluding hydrogens is 308 g/mol. The molecule has 0 fully saturated rings. The first-order chi connectivity index (χ1) is 9.86. The molecule has 0 saturated carbocycles. The Hall–Kier alpha value is -0.760. The van der Waals surface area contributed by atoms with Crippen molar-refractivity contribution in [1.82, 2.24) is 4.31 Å². The predicted molar refractivity (Wildman–Crippen MR) is 88.9 cm³/mol. The average molecular weight is 332 g/mol. The van der Waals surface area contributed by atoms with Gasteiger partial charge in [-0.05, 0) is 38.5 Å². The molecule has 1 rings (SSSR count). The van der Waals surface area contributed by atoms with Crippen molar-refractivity contribution in [2.45, 2.75) is 31.2 Å². The number of hydrogen-bond donors (Lipinski definition) is 2. The summed E-state index contributed by atoms with van der Waals surface area (Å²) in [7, 11) is -3.30. The summed E-state index contributed by atoms with van der Waals surface area (Å²) >= 11 is 1.48. The van der Waals surface area contributed by atoms with E-state index in [2.05, 4.69) is 0 Å². The van der Waals surface area contributed by atoms with Crippen LogP contribution in [0.15, 0.2) is 29.2 Å². The van der Waals surface area contributed by atoms with Crippen LogP contribution in [0.1, 0.15) is 20.3 Å². The van der Waals surface area contributed by atoms with E-state index in [1.54, 1.807) is 6.07 Å². The van der Waals surface area contributed by atoms with Gasteiger partial charge in [-0.2, -0.15) is 4.31 Å². The maximum Gasteiger partial charge on any atom is 0.215 e. The van der Waals surface area contributed by atoms with Crippen LogP contribution < -0.4 is 5.73 Å². The summed E-state index contributed by atoms with van der Waals surface area (Å²) in [5, 5.41) is 8.88. The highest BCUT2D eigenvalue weighted by Gasteiger charge is 2.23. The molecule has 0 amide bonds. The second kappa shape index (κ2) is 8.63. The summed E-state index contributed by atoms with van der Waals surface area (Å²) in [5.74, 6) is 0.560. The standard InChI is InChI=1S/C14H24N2O3S2/c1-12(2)16(7-4-8-17)21(18,19)10-9-20-14-6-3-5-13(15)11-14/h3,5-6,11-12,17H,4,7-10,15H2,1-2H3. The molecule has 1 aromatic carbocycles. The maximum absolute atomic E-state index is 12.3. The van der Waals surface area contributed by atoms with Crippen LogP contribution in [0.5, 0.6) is 0 Å². The summed E-state index contributed by atoms with van der Waals surface area (Å²) in [6.07, 6.45) is 0.458. The van der Waals surface area contributed by atoms with E-state index in [-0.39, 0.29) is 18.4 Å². The molecule has 0 unspecified atom stereocenters. The summed E-state index contributed by atoms with van der Waals surface area (Å²) < 4.78 is 26.1. The fraction of sp³-hybridized carbons (Fsp3) is 0.571. The third-order valence-electron chi connectivity index (χ3n) is 2.94. The lowest BCUT2D eigenvalue weighted by Gasteiger charge is -2.25. The molecule has 21 heavy (non-hydrogen) atoms. The smallest absolute Gasteiger partial charge is 0.215 e. The number of aliphatic hydroxyl groups excluding tert-OH is 1. The van der Waals surface area contributed by atoms with Gasteiger partial charge >= 0.3 is 0 Å². The topological polar surface area (TPSA) is 83.6 Å². The highest BCUT2D eigenvalue weighted by molar-refractivity contribution is 8.00.